The number of carbonyl (C=O) groups excluding carboxylic acids is 1. The van der Waals surface area contributed by atoms with Crippen LogP contribution in [-0.4, -0.2) is 21.7 Å². The third-order valence-electron chi connectivity index (χ3n) is 3.21. The summed E-state index contributed by atoms with van der Waals surface area (Å²) in [6, 6.07) is 15.2. The highest BCUT2D eigenvalue weighted by Gasteiger charge is 2.12. The van der Waals surface area contributed by atoms with Crippen molar-refractivity contribution in [3.63, 3.8) is 0 Å². The number of halogens is 1. The van der Waals surface area contributed by atoms with Gasteiger partial charge in [0.25, 0.3) is 5.22 Å². The Morgan fingerprint density at radius 2 is 1.83 bits per heavy atom. The maximum atomic E-state index is 12.1. The normalized spacial score (nSPS) is 10.7. The zero-order valence-corrected chi connectivity index (χ0v) is 14.7. The molecule has 1 heterocycles. The molecule has 0 aliphatic rings. The molecule has 0 atom stereocenters. The molecule has 0 aliphatic carbocycles. The van der Waals surface area contributed by atoms with E-state index >= 15 is 0 Å². The van der Waals surface area contributed by atoms with Gasteiger partial charge in [0, 0.05) is 15.6 Å². The van der Waals surface area contributed by atoms with Crippen LogP contribution >= 0.6 is 27.7 Å². The van der Waals surface area contributed by atoms with Crippen molar-refractivity contribution in [2.24, 2.45) is 0 Å². The molecule has 0 spiro atoms. The molecular formula is C17H13BrN2O2S. The molecule has 116 valence electrons. The lowest BCUT2D eigenvalue weighted by atomic mass is 10.1. The number of carbonyl (C=O) groups is 1. The van der Waals surface area contributed by atoms with Gasteiger partial charge in [0.15, 0.2) is 5.78 Å². The van der Waals surface area contributed by atoms with Gasteiger partial charge >= 0.3 is 0 Å². The predicted molar refractivity (Wildman–Crippen MR) is 93.7 cm³/mol. The fourth-order valence-corrected chi connectivity index (χ4v) is 2.86. The summed E-state index contributed by atoms with van der Waals surface area (Å²) >= 11 is 4.59. The molecule has 1 aromatic heterocycles. The fourth-order valence-electron chi connectivity index (χ4n) is 1.93. The van der Waals surface area contributed by atoms with Crippen LogP contribution in [0.4, 0.5) is 0 Å². The van der Waals surface area contributed by atoms with Crippen LogP contribution in [0.3, 0.4) is 0 Å². The zero-order valence-electron chi connectivity index (χ0n) is 12.3. The molecule has 2 aromatic carbocycles. The fraction of sp³-hybridized carbons (Fsp3) is 0.118. The largest absolute Gasteiger partial charge is 0.327 e. The van der Waals surface area contributed by atoms with E-state index in [1.54, 1.807) is 12.1 Å². The van der Waals surface area contributed by atoms with E-state index in [-0.39, 0.29) is 11.5 Å². The van der Waals surface area contributed by atoms with Gasteiger partial charge in [-0.2, -0.15) is 4.98 Å². The van der Waals surface area contributed by atoms with Gasteiger partial charge in [-0.25, -0.2) is 0 Å². The Hall–Kier alpha value is -1.92. The van der Waals surface area contributed by atoms with Crippen LogP contribution in [0.5, 0.6) is 0 Å². The Morgan fingerprint density at radius 3 is 2.52 bits per heavy atom. The van der Waals surface area contributed by atoms with Crippen LogP contribution in [0, 0.1) is 6.92 Å². The van der Waals surface area contributed by atoms with E-state index < -0.39 is 0 Å². The zero-order chi connectivity index (χ0) is 16.2. The highest BCUT2D eigenvalue weighted by molar-refractivity contribution is 9.10. The summed E-state index contributed by atoms with van der Waals surface area (Å²) < 4.78 is 6.14. The van der Waals surface area contributed by atoms with Crippen molar-refractivity contribution >= 4 is 33.5 Å². The van der Waals surface area contributed by atoms with E-state index in [1.165, 1.54) is 17.3 Å². The summed E-state index contributed by atoms with van der Waals surface area (Å²) in [5, 5.41) is 4.35. The van der Waals surface area contributed by atoms with Crippen molar-refractivity contribution in [3.05, 3.63) is 64.1 Å². The van der Waals surface area contributed by atoms with Gasteiger partial charge in [-0.05, 0) is 19.1 Å². The van der Waals surface area contributed by atoms with Gasteiger partial charge in [-0.1, -0.05) is 74.8 Å². The predicted octanol–water partition coefficient (Wildman–Crippen LogP) is 4.78. The van der Waals surface area contributed by atoms with Crippen LogP contribution < -0.4 is 0 Å². The van der Waals surface area contributed by atoms with E-state index in [0.29, 0.717) is 16.6 Å². The summed E-state index contributed by atoms with van der Waals surface area (Å²) in [5.74, 6) is 0.818. The third-order valence-corrected chi connectivity index (χ3v) is 4.56. The average molecular weight is 389 g/mol. The highest BCUT2D eigenvalue weighted by Crippen LogP contribution is 2.22. The Labute approximate surface area is 146 Å². The molecule has 0 saturated heterocycles. The van der Waals surface area contributed by atoms with Crippen LogP contribution in [0.2, 0.25) is 0 Å². The molecule has 0 unspecified atom stereocenters. The van der Waals surface area contributed by atoms with Gasteiger partial charge in [-0.15, -0.1) is 0 Å². The Balaban J connectivity index is 1.64. The van der Waals surface area contributed by atoms with Crippen molar-refractivity contribution in [1.29, 1.82) is 0 Å². The second-order valence-electron chi connectivity index (χ2n) is 4.97. The summed E-state index contributed by atoms with van der Waals surface area (Å²) in [6.45, 7) is 2.02. The Bertz CT molecular complexity index is 813. The van der Waals surface area contributed by atoms with E-state index in [1.807, 2.05) is 43.3 Å². The van der Waals surface area contributed by atoms with Crippen molar-refractivity contribution < 1.29 is 9.32 Å². The summed E-state index contributed by atoms with van der Waals surface area (Å²) in [7, 11) is 0. The van der Waals surface area contributed by atoms with Gasteiger partial charge < -0.3 is 4.52 Å². The number of Topliss-reactive ketones (excluding diaryl/α,β-unsaturated/α-hetero) is 1. The topological polar surface area (TPSA) is 56.0 Å². The first-order chi connectivity index (χ1) is 11.1. The molecule has 0 bridgehead atoms. The van der Waals surface area contributed by atoms with Crippen molar-refractivity contribution in [2.75, 3.05) is 5.75 Å². The van der Waals surface area contributed by atoms with Gasteiger partial charge in [-0.3, -0.25) is 4.79 Å². The standard InChI is InChI=1S/C17H13BrN2O2S/c1-11-2-4-13(5-3-11)16-19-17(22-20-16)23-10-15(21)12-6-8-14(18)9-7-12/h2-9H,10H2,1H3. The number of benzene rings is 2. The number of hydrogen-bond acceptors (Lipinski definition) is 5. The first-order valence-electron chi connectivity index (χ1n) is 6.94. The average Bonchev–Trinajstić information content (AvgIpc) is 3.03. The van der Waals surface area contributed by atoms with Crippen LogP contribution in [0.1, 0.15) is 15.9 Å². The maximum Gasteiger partial charge on any atom is 0.286 e. The van der Waals surface area contributed by atoms with Gasteiger partial charge in [0.2, 0.25) is 5.82 Å². The maximum absolute atomic E-state index is 12.1. The van der Waals surface area contributed by atoms with Crippen LogP contribution in [0.25, 0.3) is 11.4 Å². The summed E-state index contributed by atoms with van der Waals surface area (Å²) in [6.07, 6.45) is 0. The number of thioether (sulfide) groups is 1. The molecule has 0 N–H and O–H groups in total. The first-order valence-corrected chi connectivity index (χ1v) is 8.72. The molecule has 0 aliphatic heterocycles. The van der Waals surface area contributed by atoms with E-state index in [2.05, 4.69) is 26.1 Å². The van der Waals surface area contributed by atoms with E-state index in [0.717, 1.165) is 10.0 Å². The van der Waals surface area contributed by atoms with Crippen molar-refractivity contribution in [1.82, 2.24) is 10.1 Å². The highest BCUT2D eigenvalue weighted by atomic mass is 79.9. The summed E-state index contributed by atoms with van der Waals surface area (Å²) in [4.78, 5) is 16.4. The molecule has 3 rings (SSSR count). The molecule has 3 aromatic rings. The Morgan fingerprint density at radius 1 is 1.13 bits per heavy atom. The SMILES string of the molecule is Cc1ccc(-c2noc(SCC(=O)c3ccc(Br)cc3)n2)cc1. The quantitative estimate of drug-likeness (QED) is 0.464. The monoisotopic (exact) mass is 388 g/mol. The van der Waals surface area contributed by atoms with Crippen molar-refractivity contribution in [2.45, 2.75) is 12.1 Å². The van der Waals surface area contributed by atoms with Crippen LogP contribution in [-0.2, 0) is 0 Å². The first kappa shape index (κ1) is 16.0. The third kappa shape index (κ3) is 4.09. The molecule has 6 heteroatoms. The van der Waals surface area contributed by atoms with Gasteiger partial charge in [0.05, 0.1) is 5.75 Å². The van der Waals surface area contributed by atoms with E-state index in [9.17, 15) is 4.79 Å². The smallest absolute Gasteiger partial charge is 0.286 e. The molecule has 0 amide bonds. The molecular weight excluding hydrogens is 376 g/mol. The number of aromatic nitrogens is 2. The number of aryl methyl sites for hydroxylation is 1. The molecule has 4 nitrogen and oxygen atoms in total. The number of nitrogens with zero attached hydrogens (tertiary/aromatic N) is 2. The lowest BCUT2D eigenvalue weighted by Gasteiger charge is -1.98. The Kier molecular flexibility index (Phi) is 4.93. The molecule has 0 fully saturated rings. The van der Waals surface area contributed by atoms with E-state index in [4.69, 9.17) is 4.52 Å². The molecule has 0 saturated carbocycles. The molecule has 0 radical (unpaired) electrons. The number of ketones is 1. The summed E-state index contributed by atoms with van der Waals surface area (Å²) in [5.41, 5.74) is 2.73. The van der Waals surface area contributed by atoms with Gasteiger partial charge in [0.1, 0.15) is 0 Å². The number of rotatable bonds is 5. The van der Waals surface area contributed by atoms with Crippen LogP contribution in [0.15, 0.2) is 62.7 Å². The number of hydrogen-bond donors (Lipinski definition) is 0. The minimum Gasteiger partial charge on any atom is -0.327 e. The minimum absolute atomic E-state index is 0.0255. The second kappa shape index (κ2) is 7.10. The lowest BCUT2D eigenvalue weighted by molar-refractivity contribution is 0.102. The minimum atomic E-state index is 0.0255. The lowest BCUT2D eigenvalue weighted by Crippen LogP contribution is -2.01. The second-order valence-corrected chi connectivity index (χ2v) is 6.81. The van der Waals surface area contributed by atoms with Crippen molar-refractivity contribution in [3.8, 4) is 11.4 Å². The molecule has 23 heavy (non-hydrogen) atoms.